The van der Waals surface area contributed by atoms with Crippen molar-refractivity contribution < 1.29 is 13.2 Å². The molecule has 7 heteroatoms. The summed E-state index contributed by atoms with van der Waals surface area (Å²) in [5.41, 5.74) is 0.339. The van der Waals surface area contributed by atoms with Crippen LogP contribution in [0.5, 0.6) is 0 Å². The Morgan fingerprint density at radius 1 is 1.05 bits per heavy atom. The maximum Gasteiger partial charge on any atom is 0.416 e. The third-order valence-corrected chi connectivity index (χ3v) is 3.07. The Hall–Kier alpha value is -2.70. The van der Waals surface area contributed by atoms with Crippen LogP contribution in [0.2, 0.25) is 0 Å². The minimum absolute atomic E-state index is 0.287. The zero-order valence-electron chi connectivity index (χ0n) is 10.5. The average Bonchev–Trinajstić information content (AvgIpc) is 2.46. The second-order valence-corrected chi connectivity index (χ2v) is 4.39. The molecule has 2 aromatic heterocycles. The first kappa shape index (κ1) is 13.3. The van der Waals surface area contributed by atoms with Gasteiger partial charge in [0.05, 0.1) is 22.8 Å². The van der Waals surface area contributed by atoms with Crippen molar-refractivity contribution in [1.29, 1.82) is 0 Å². The Morgan fingerprint density at radius 2 is 1.76 bits per heavy atom. The normalized spacial score (nSPS) is 11.8. The van der Waals surface area contributed by atoms with Crippen LogP contribution in [0.1, 0.15) is 5.56 Å². The summed E-state index contributed by atoms with van der Waals surface area (Å²) in [6, 6.07) is 4.65. The smallest absolute Gasteiger partial charge is 0.313 e. The molecule has 0 atom stereocenters. The van der Waals surface area contributed by atoms with E-state index in [-0.39, 0.29) is 10.9 Å². The number of nitrogens with zero attached hydrogens (tertiary/aromatic N) is 2. The molecule has 0 amide bonds. The lowest BCUT2D eigenvalue weighted by Gasteiger charge is -2.08. The van der Waals surface area contributed by atoms with Crippen molar-refractivity contribution >= 4 is 10.9 Å². The van der Waals surface area contributed by atoms with E-state index in [1.807, 2.05) is 0 Å². The van der Waals surface area contributed by atoms with Gasteiger partial charge in [0.2, 0.25) is 0 Å². The van der Waals surface area contributed by atoms with Crippen LogP contribution in [0.3, 0.4) is 0 Å². The monoisotopic (exact) mass is 291 g/mol. The molecular formula is C14H8F3N3O. The highest BCUT2D eigenvalue weighted by atomic mass is 19.4. The molecule has 0 radical (unpaired) electrons. The number of aromatic nitrogens is 3. The first-order valence-corrected chi connectivity index (χ1v) is 5.96. The average molecular weight is 291 g/mol. The zero-order valence-corrected chi connectivity index (χ0v) is 10.5. The number of hydrogen-bond donors (Lipinski definition) is 1. The Kier molecular flexibility index (Phi) is 2.97. The fraction of sp³-hybridized carbons (Fsp3) is 0.0714. The van der Waals surface area contributed by atoms with E-state index in [1.165, 1.54) is 30.9 Å². The number of H-pyrrole nitrogens is 1. The van der Waals surface area contributed by atoms with Crippen molar-refractivity contribution in [3.63, 3.8) is 0 Å². The highest BCUT2D eigenvalue weighted by molar-refractivity contribution is 5.91. The maximum atomic E-state index is 12.6. The van der Waals surface area contributed by atoms with Gasteiger partial charge in [0.25, 0.3) is 5.56 Å². The predicted octanol–water partition coefficient (Wildman–Crippen LogP) is 3.00. The van der Waals surface area contributed by atoms with Gasteiger partial charge in [-0.05, 0) is 17.7 Å². The molecule has 21 heavy (non-hydrogen) atoms. The van der Waals surface area contributed by atoms with E-state index in [0.29, 0.717) is 16.6 Å². The summed E-state index contributed by atoms with van der Waals surface area (Å²) in [4.78, 5) is 22.1. The number of hydrogen-bond acceptors (Lipinski definition) is 3. The van der Waals surface area contributed by atoms with Crippen LogP contribution >= 0.6 is 0 Å². The predicted molar refractivity (Wildman–Crippen MR) is 70.6 cm³/mol. The molecule has 1 N–H and O–H groups in total. The van der Waals surface area contributed by atoms with E-state index < -0.39 is 11.7 Å². The minimum atomic E-state index is -4.38. The van der Waals surface area contributed by atoms with E-state index in [1.54, 1.807) is 0 Å². The number of fused-ring (bicyclic) bond motifs is 1. The molecule has 0 saturated heterocycles. The van der Waals surface area contributed by atoms with Crippen molar-refractivity contribution in [3.05, 3.63) is 58.9 Å². The summed E-state index contributed by atoms with van der Waals surface area (Å²) in [5.74, 6) is 0. The topological polar surface area (TPSA) is 58.6 Å². The molecule has 0 aliphatic rings. The van der Waals surface area contributed by atoms with Crippen molar-refractivity contribution in [2.45, 2.75) is 6.18 Å². The van der Waals surface area contributed by atoms with Crippen LogP contribution in [0.15, 0.2) is 47.8 Å². The van der Waals surface area contributed by atoms with Crippen molar-refractivity contribution in [3.8, 4) is 11.1 Å². The molecule has 0 aliphatic carbocycles. The quantitative estimate of drug-likeness (QED) is 0.749. The highest BCUT2D eigenvalue weighted by Gasteiger charge is 2.30. The van der Waals surface area contributed by atoms with Gasteiger partial charge in [0.1, 0.15) is 0 Å². The number of halogens is 3. The lowest BCUT2D eigenvalue weighted by atomic mass is 10.0. The molecule has 0 spiro atoms. The SMILES string of the molecule is O=c1[nH]cnc2c(-c3ccc(C(F)(F)F)cc3)cncc12. The van der Waals surface area contributed by atoms with Gasteiger partial charge < -0.3 is 4.98 Å². The summed E-state index contributed by atoms with van der Waals surface area (Å²) in [6.45, 7) is 0. The highest BCUT2D eigenvalue weighted by Crippen LogP contribution is 2.31. The van der Waals surface area contributed by atoms with Crippen LogP contribution in [-0.4, -0.2) is 15.0 Å². The fourth-order valence-electron chi connectivity index (χ4n) is 2.04. The Morgan fingerprint density at radius 3 is 2.43 bits per heavy atom. The summed E-state index contributed by atoms with van der Waals surface area (Å²) in [7, 11) is 0. The van der Waals surface area contributed by atoms with Gasteiger partial charge in [0, 0.05) is 18.0 Å². The van der Waals surface area contributed by atoms with Gasteiger partial charge in [0.15, 0.2) is 0 Å². The summed E-state index contributed by atoms with van der Waals surface area (Å²) in [5, 5.41) is 0.287. The molecule has 3 rings (SSSR count). The maximum absolute atomic E-state index is 12.6. The summed E-state index contributed by atoms with van der Waals surface area (Å²) < 4.78 is 37.7. The number of pyridine rings is 1. The standard InChI is InChI=1S/C14H8F3N3O/c15-14(16,17)9-3-1-8(2-4-9)10-5-18-6-11-12(10)19-7-20-13(11)21/h1-7H,(H,19,20,21). The molecule has 0 bridgehead atoms. The molecule has 0 fully saturated rings. The zero-order chi connectivity index (χ0) is 15.0. The molecule has 106 valence electrons. The number of alkyl halides is 3. The van der Waals surface area contributed by atoms with Crippen molar-refractivity contribution in [2.75, 3.05) is 0 Å². The lowest BCUT2D eigenvalue weighted by molar-refractivity contribution is -0.137. The molecule has 1 aromatic carbocycles. The van der Waals surface area contributed by atoms with E-state index in [9.17, 15) is 18.0 Å². The fourth-order valence-corrected chi connectivity index (χ4v) is 2.04. The first-order valence-electron chi connectivity index (χ1n) is 5.96. The molecule has 0 saturated carbocycles. The largest absolute Gasteiger partial charge is 0.416 e. The molecule has 4 nitrogen and oxygen atoms in total. The van der Waals surface area contributed by atoms with Crippen LogP contribution in [0, 0.1) is 0 Å². The van der Waals surface area contributed by atoms with E-state index in [4.69, 9.17) is 0 Å². The number of aromatic amines is 1. The van der Waals surface area contributed by atoms with E-state index >= 15 is 0 Å². The molecule has 0 unspecified atom stereocenters. The number of nitrogens with one attached hydrogen (secondary N) is 1. The van der Waals surface area contributed by atoms with Crippen LogP contribution in [0.4, 0.5) is 13.2 Å². The van der Waals surface area contributed by atoms with Gasteiger partial charge in [-0.2, -0.15) is 13.2 Å². The minimum Gasteiger partial charge on any atom is -0.313 e. The van der Waals surface area contributed by atoms with Gasteiger partial charge in [-0.25, -0.2) is 4.98 Å². The lowest BCUT2D eigenvalue weighted by Crippen LogP contribution is -2.07. The van der Waals surface area contributed by atoms with Crippen LogP contribution in [-0.2, 0) is 6.18 Å². The van der Waals surface area contributed by atoms with Crippen LogP contribution in [0.25, 0.3) is 22.0 Å². The van der Waals surface area contributed by atoms with Crippen LogP contribution < -0.4 is 5.56 Å². The first-order chi connectivity index (χ1) is 9.97. The second kappa shape index (κ2) is 4.69. The Bertz CT molecular complexity index is 854. The van der Waals surface area contributed by atoms with E-state index in [2.05, 4.69) is 15.0 Å². The molecule has 2 heterocycles. The van der Waals surface area contributed by atoms with Gasteiger partial charge >= 0.3 is 6.18 Å². The number of benzene rings is 1. The van der Waals surface area contributed by atoms with Gasteiger partial charge in [-0.3, -0.25) is 9.78 Å². The third-order valence-electron chi connectivity index (χ3n) is 3.07. The molecule has 0 aliphatic heterocycles. The van der Waals surface area contributed by atoms with Crippen molar-refractivity contribution in [2.24, 2.45) is 0 Å². The molecular weight excluding hydrogens is 283 g/mol. The molecule has 3 aromatic rings. The Balaban J connectivity index is 2.17. The second-order valence-electron chi connectivity index (χ2n) is 4.39. The van der Waals surface area contributed by atoms with Gasteiger partial charge in [-0.15, -0.1) is 0 Å². The third kappa shape index (κ3) is 2.37. The van der Waals surface area contributed by atoms with Crippen molar-refractivity contribution in [1.82, 2.24) is 15.0 Å². The Labute approximate surface area is 116 Å². The van der Waals surface area contributed by atoms with Gasteiger partial charge in [-0.1, -0.05) is 12.1 Å². The van der Waals surface area contributed by atoms with E-state index in [0.717, 1.165) is 12.1 Å². The summed E-state index contributed by atoms with van der Waals surface area (Å²) >= 11 is 0. The number of rotatable bonds is 1. The summed E-state index contributed by atoms with van der Waals surface area (Å²) in [6.07, 6.45) is -0.296.